The predicted molar refractivity (Wildman–Crippen MR) is 76.4 cm³/mol. The van der Waals surface area contributed by atoms with Gasteiger partial charge in [-0.3, -0.25) is 4.79 Å². The molecule has 1 amide bonds. The number of nitrogens with one attached hydrogen (secondary N) is 1. The van der Waals surface area contributed by atoms with Gasteiger partial charge < -0.3 is 5.32 Å². The van der Waals surface area contributed by atoms with E-state index in [0.717, 1.165) is 12.2 Å². The fourth-order valence-corrected chi connectivity index (χ4v) is 4.32. The highest BCUT2D eigenvalue weighted by Crippen LogP contribution is 2.30. The maximum Gasteiger partial charge on any atom is 0.261 e. The van der Waals surface area contributed by atoms with Crippen molar-refractivity contribution in [3.63, 3.8) is 0 Å². The van der Waals surface area contributed by atoms with Gasteiger partial charge in [-0.15, -0.1) is 11.3 Å². The van der Waals surface area contributed by atoms with Crippen molar-refractivity contribution in [2.75, 3.05) is 5.75 Å². The molecule has 1 heterocycles. The summed E-state index contributed by atoms with van der Waals surface area (Å²) in [5.74, 6) is 1.14. The van der Waals surface area contributed by atoms with Gasteiger partial charge in [0.25, 0.3) is 5.91 Å². The molecule has 1 aromatic heterocycles. The first kappa shape index (κ1) is 13.2. The highest BCUT2D eigenvalue weighted by atomic mass is 35.5. The first-order chi connectivity index (χ1) is 8.20. The minimum Gasteiger partial charge on any atom is -0.347 e. The Morgan fingerprint density at radius 2 is 2.41 bits per heavy atom. The van der Waals surface area contributed by atoms with Crippen molar-refractivity contribution in [2.45, 2.75) is 37.5 Å². The summed E-state index contributed by atoms with van der Waals surface area (Å²) in [5, 5.41) is 3.72. The first-order valence-corrected chi connectivity index (χ1v) is 8.13. The number of amides is 1. The molecule has 2 rings (SSSR count). The summed E-state index contributed by atoms with van der Waals surface area (Å²) in [6.45, 7) is 2.17. The molecule has 0 bridgehead atoms. The van der Waals surface area contributed by atoms with Gasteiger partial charge in [0, 0.05) is 11.3 Å². The number of hydrogen-bond donors (Lipinski definition) is 1. The van der Waals surface area contributed by atoms with Crippen molar-refractivity contribution >= 4 is 40.6 Å². The van der Waals surface area contributed by atoms with Gasteiger partial charge in [0.15, 0.2) is 0 Å². The summed E-state index contributed by atoms with van der Waals surface area (Å²) in [6.07, 6.45) is 3.53. The molecule has 17 heavy (non-hydrogen) atoms. The number of carbonyl (C=O) groups is 1. The van der Waals surface area contributed by atoms with Crippen LogP contribution in [0.1, 0.15) is 35.9 Å². The van der Waals surface area contributed by atoms with Gasteiger partial charge in [-0.2, -0.15) is 11.8 Å². The molecular weight excluding hydrogens is 274 g/mol. The largest absolute Gasteiger partial charge is 0.347 e. The molecule has 0 saturated heterocycles. The van der Waals surface area contributed by atoms with E-state index in [-0.39, 0.29) is 5.91 Å². The van der Waals surface area contributed by atoms with Crippen LogP contribution in [0.5, 0.6) is 0 Å². The number of hydrogen-bond acceptors (Lipinski definition) is 3. The van der Waals surface area contributed by atoms with Crippen LogP contribution in [0.15, 0.2) is 12.1 Å². The van der Waals surface area contributed by atoms with E-state index in [4.69, 9.17) is 11.6 Å². The molecule has 0 aromatic carbocycles. The van der Waals surface area contributed by atoms with Crippen LogP contribution in [0.4, 0.5) is 0 Å². The summed E-state index contributed by atoms with van der Waals surface area (Å²) < 4.78 is 0.668. The fraction of sp³-hybridized carbons (Fsp3) is 0.583. The highest BCUT2D eigenvalue weighted by molar-refractivity contribution is 7.99. The van der Waals surface area contributed by atoms with E-state index in [1.165, 1.54) is 24.2 Å². The SMILES string of the molecule is CCS[C@@H]1CCC[C@@H]1NC(=O)c1ccc(Cl)s1. The molecule has 0 unspecified atom stereocenters. The van der Waals surface area contributed by atoms with Crippen LogP contribution in [-0.4, -0.2) is 23.0 Å². The summed E-state index contributed by atoms with van der Waals surface area (Å²) in [4.78, 5) is 12.7. The van der Waals surface area contributed by atoms with Gasteiger partial charge >= 0.3 is 0 Å². The second-order valence-electron chi connectivity index (χ2n) is 4.11. The van der Waals surface area contributed by atoms with Crippen molar-refractivity contribution in [3.8, 4) is 0 Å². The molecule has 1 aliphatic carbocycles. The van der Waals surface area contributed by atoms with E-state index in [9.17, 15) is 4.79 Å². The molecule has 0 spiro atoms. The molecule has 1 N–H and O–H groups in total. The summed E-state index contributed by atoms with van der Waals surface area (Å²) >= 11 is 9.13. The number of thiophene rings is 1. The standard InChI is InChI=1S/C12H16ClNOS2/c1-2-16-9-5-3-4-8(9)14-12(15)10-6-7-11(13)17-10/h6-9H,2-5H2,1H3,(H,14,15)/t8-,9+/m0/s1. The Kier molecular flexibility index (Phi) is 4.77. The summed E-state index contributed by atoms with van der Waals surface area (Å²) in [7, 11) is 0. The first-order valence-electron chi connectivity index (χ1n) is 5.88. The van der Waals surface area contributed by atoms with Crippen LogP contribution in [0, 0.1) is 0 Å². The van der Waals surface area contributed by atoms with E-state index in [0.29, 0.717) is 20.5 Å². The minimum absolute atomic E-state index is 0.0236. The van der Waals surface area contributed by atoms with Gasteiger partial charge in [-0.1, -0.05) is 24.9 Å². The van der Waals surface area contributed by atoms with Crippen LogP contribution in [0.2, 0.25) is 4.34 Å². The molecule has 94 valence electrons. The fourth-order valence-electron chi connectivity index (χ4n) is 2.18. The Labute approximate surface area is 115 Å². The average molecular weight is 290 g/mol. The Morgan fingerprint density at radius 3 is 3.06 bits per heavy atom. The molecule has 2 nitrogen and oxygen atoms in total. The Balaban J connectivity index is 1.94. The van der Waals surface area contributed by atoms with Crippen LogP contribution in [0.25, 0.3) is 0 Å². The molecule has 1 aliphatic rings. The lowest BCUT2D eigenvalue weighted by Gasteiger charge is -2.19. The lowest BCUT2D eigenvalue weighted by atomic mass is 10.2. The summed E-state index contributed by atoms with van der Waals surface area (Å²) in [6, 6.07) is 3.89. The average Bonchev–Trinajstić information content (AvgIpc) is 2.89. The highest BCUT2D eigenvalue weighted by Gasteiger charge is 2.28. The minimum atomic E-state index is 0.0236. The molecule has 1 fully saturated rings. The van der Waals surface area contributed by atoms with Crippen molar-refractivity contribution < 1.29 is 4.79 Å². The van der Waals surface area contributed by atoms with Gasteiger partial charge in [-0.25, -0.2) is 0 Å². The second-order valence-corrected chi connectivity index (χ2v) is 7.34. The Hall–Kier alpha value is -0.190. The number of rotatable bonds is 4. The monoisotopic (exact) mass is 289 g/mol. The summed E-state index contributed by atoms with van der Waals surface area (Å²) in [5.41, 5.74) is 0. The second kappa shape index (κ2) is 6.12. The maximum atomic E-state index is 12.0. The molecule has 0 radical (unpaired) electrons. The van der Waals surface area contributed by atoms with Gasteiger partial charge in [0.05, 0.1) is 9.21 Å². The lowest BCUT2D eigenvalue weighted by Crippen LogP contribution is -2.38. The van der Waals surface area contributed by atoms with Crippen molar-refractivity contribution in [2.24, 2.45) is 0 Å². The third-order valence-electron chi connectivity index (χ3n) is 2.95. The van der Waals surface area contributed by atoms with Crippen LogP contribution in [-0.2, 0) is 0 Å². The molecular formula is C12H16ClNOS2. The van der Waals surface area contributed by atoms with Gasteiger partial charge in [-0.05, 0) is 30.7 Å². The van der Waals surface area contributed by atoms with E-state index >= 15 is 0 Å². The molecule has 2 atom stereocenters. The van der Waals surface area contributed by atoms with Crippen molar-refractivity contribution in [1.82, 2.24) is 5.32 Å². The van der Waals surface area contributed by atoms with Crippen LogP contribution >= 0.6 is 34.7 Å². The smallest absolute Gasteiger partial charge is 0.261 e. The normalized spacial score (nSPS) is 23.9. The number of carbonyl (C=O) groups excluding carboxylic acids is 1. The maximum absolute atomic E-state index is 12.0. The van der Waals surface area contributed by atoms with Crippen LogP contribution in [0.3, 0.4) is 0 Å². The van der Waals surface area contributed by atoms with E-state index in [1.54, 1.807) is 12.1 Å². The third-order valence-corrected chi connectivity index (χ3v) is 5.50. The number of thioether (sulfide) groups is 1. The molecule has 1 aromatic rings. The predicted octanol–water partition coefficient (Wildman–Crippen LogP) is 3.81. The molecule has 5 heteroatoms. The quantitative estimate of drug-likeness (QED) is 0.913. The zero-order valence-corrected chi connectivity index (χ0v) is 12.1. The zero-order valence-electron chi connectivity index (χ0n) is 9.74. The topological polar surface area (TPSA) is 29.1 Å². The van der Waals surface area contributed by atoms with Crippen molar-refractivity contribution in [1.29, 1.82) is 0 Å². The van der Waals surface area contributed by atoms with E-state index in [1.807, 2.05) is 11.8 Å². The van der Waals surface area contributed by atoms with Crippen LogP contribution < -0.4 is 5.32 Å². The van der Waals surface area contributed by atoms with E-state index in [2.05, 4.69) is 12.2 Å². The third kappa shape index (κ3) is 3.39. The molecule has 1 saturated carbocycles. The van der Waals surface area contributed by atoms with Gasteiger partial charge in [0.1, 0.15) is 0 Å². The van der Waals surface area contributed by atoms with E-state index < -0.39 is 0 Å². The van der Waals surface area contributed by atoms with Gasteiger partial charge in [0.2, 0.25) is 0 Å². The van der Waals surface area contributed by atoms with Crippen molar-refractivity contribution in [3.05, 3.63) is 21.3 Å². The Morgan fingerprint density at radius 1 is 1.59 bits per heavy atom. The Bertz CT molecular complexity index is 394. The lowest BCUT2D eigenvalue weighted by molar-refractivity contribution is 0.0943. The zero-order chi connectivity index (χ0) is 12.3. The number of halogens is 1. The molecule has 0 aliphatic heterocycles.